The molecule has 0 radical (unpaired) electrons. The molecule has 0 spiro atoms. The summed E-state index contributed by atoms with van der Waals surface area (Å²) < 4.78 is 5.22. The summed E-state index contributed by atoms with van der Waals surface area (Å²) in [6, 6.07) is 18.8. The van der Waals surface area contributed by atoms with Crippen molar-refractivity contribution in [3.8, 4) is 0 Å². The first-order valence-corrected chi connectivity index (χ1v) is 10.1. The molecule has 6 nitrogen and oxygen atoms in total. The van der Waals surface area contributed by atoms with Gasteiger partial charge < -0.3 is 10.1 Å². The normalized spacial score (nSPS) is 12.6. The summed E-state index contributed by atoms with van der Waals surface area (Å²) in [5.74, 6) is -1.55. The van der Waals surface area contributed by atoms with Gasteiger partial charge in [0.25, 0.3) is 11.8 Å². The van der Waals surface area contributed by atoms with Gasteiger partial charge in [0.2, 0.25) is 0 Å². The number of ether oxygens (including phenoxy) is 1. The highest BCUT2D eigenvalue weighted by atomic mass is 35.5. The van der Waals surface area contributed by atoms with Crippen molar-refractivity contribution in [3.63, 3.8) is 0 Å². The molecular formula is C23H16Cl2N2O4. The number of anilines is 2. The fourth-order valence-corrected chi connectivity index (χ4v) is 3.74. The van der Waals surface area contributed by atoms with Crippen molar-refractivity contribution < 1.29 is 19.1 Å². The summed E-state index contributed by atoms with van der Waals surface area (Å²) in [6.07, 6.45) is -0.0750. The first-order valence-electron chi connectivity index (χ1n) is 9.35. The largest absolute Gasteiger partial charge is 0.443 e. The number of carbonyl (C=O) groups excluding carboxylic acids is 3. The molecule has 4 rings (SSSR count). The van der Waals surface area contributed by atoms with Crippen molar-refractivity contribution in [1.82, 2.24) is 4.90 Å². The number of esters is 1. The highest BCUT2D eigenvalue weighted by Crippen LogP contribution is 2.33. The van der Waals surface area contributed by atoms with Crippen LogP contribution in [0.2, 0.25) is 10.0 Å². The van der Waals surface area contributed by atoms with Gasteiger partial charge in [-0.3, -0.25) is 14.4 Å². The number of fused-ring (bicyclic) bond motifs is 1. The Hall–Kier alpha value is -3.35. The summed E-state index contributed by atoms with van der Waals surface area (Å²) >= 11 is 12.4. The van der Waals surface area contributed by atoms with E-state index < -0.39 is 24.5 Å². The Kier molecular flexibility index (Phi) is 5.93. The van der Waals surface area contributed by atoms with Crippen molar-refractivity contribution in [3.05, 3.63) is 93.5 Å². The molecule has 31 heavy (non-hydrogen) atoms. The van der Waals surface area contributed by atoms with E-state index in [-0.39, 0.29) is 6.42 Å². The highest BCUT2D eigenvalue weighted by Gasteiger charge is 2.35. The van der Waals surface area contributed by atoms with Gasteiger partial charge in [-0.2, -0.15) is 0 Å². The van der Waals surface area contributed by atoms with E-state index in [1.807, 2.05) is 0 Å². The molecule has 0 fully saturated rings. The molecule has 3 aromatic rings. The fourth-order valence-electron chi connectivity index (χ4n) is 3.25. The van der Waals surface area contributed by atoms with E-state index in [4.69, 9.17) is 27.9 Å². The fraction of sp³-hybridized carbons (Fsp3) is 0.0870. The Morgan fingerprint density at radius 3 is 2.06 bits per heavy atom. The van der Waals surface area contributed by atoms with Crippen LogP contribution in [0, 0.1) is 0 Å². The Morgan fingerprint density at radius 2 is 1.42 bits per heavy atom. The van der Waals surface area contributed by atoms with Crippen molar-refractivity contribution in [2.45, 2.75) is 6.42 Å². The summed E-state index contributed by atoms with van der Waals surface area (Å²) in [5, 5.41) is 4.03. The third-order valence-corrected chi connectivity index (χ3v) is 5.44. The van der Waals surface area contributed by atoms with E-state index in [2.05, 4.69) is 5.32 Å². The Bertz CT molecular complexity index is 1140. The lowest BCUT2D eigenvalue weighted by molar-refractivity contribution is -0.145. The number of rotatable bonds is 6. The van der Waals surface area contributed by atoms with E-state index in [0.717, 1.165) is 4.90 Å². The minimum Gasteiger partial charge on any atom is -0.443 e. The lowest BCUT2D eigenvalue weighted by atomic mass is 10.1. The smallest absolute Gasteiger partial charge is 0.312 e. The quantitative estimate of drug-likeness (QED) is 0.415. The number of hydrogen-bond donors (Lipinski definition) is 1. The SMILES string of the molecule is O=C(Cc1ccccc1Nc1c(Cl)cccc1Cl)OCN1C(=O)c2ccccc2C1=O. The molecule has 0 aliphatic carbocycles. The predicted octanol–water partition coefficient (Wildman–Crippen LogP) is 5.08. The highest BCUT2D eigenvalue weighted by molar-refractivity contribution is 6.39. The van der Waals surface area contributed by atoms with E-state index in [1.165, 1.54) is 0 Å². The number of hydrogen-bond acceptors (Lipinski definition) is 5. The van der Waals surface area contributed by atoms with Gasteiger partial charge in [0.1, 0.15) is 0 Å². The first-order chi connectivity index (χ1) is 15.0. The van der Waals surface area contributed by atoms with E-state index in [1.54, 1.807) is 66.7 Å². The molecule has 1 aliphatic heterocycles. The van der Waals surface area contributed by atoms with Gasteiger partial charge in [-0.15, -0.1) is 0 Å². The molecule has 0 atom stereocenters. The molecule has 2 amide bonds. The summed E-state index contributed by atoms with van der Waals surface area (Å²) in [4.78, 5) is 38.1. The van der Waals surface area contributed by atoms with Crippen molar-refractivity contribution in [2.24, 2.45) is 0 Å². The number of para-hydroxylation sites is 2. The first kappa shape index (κ1) is 20.9. The molecule has 0 unspecified atom stereocenters. The van der Waals surface area contributed by atoms with Crippen LogP contribution in [0.1, 0.15) is 26.3 Å². The van der Waals surface area contributed by atoms with E-state index in [0.29, 0.717) is 38.1 Å². The number of nitrogens with one attached hydrogen (secondary N) is 1. The lowest BCUT2D eigenvalue weighted by Crippen LogP contribution is -2.33. The number of nitrogens with zero attached hydrogens (tertiary/aromatic N) is 1. The zero-order valence-electron chi connectivity index (χ0n) is 16.1. The third-order valence-electron chi connectivity index (χ3n) is 4.81. The van der Waals surface area contributed by atoms with Gasteiger partial charge in [0.15, 0.2) is 6.73 Å². The Morgan fingerprint density at radius 1 is 0.839 bits per heavy atom. The molecular weight excluding hydrogens is 439 g/mol. The zero-order chi connectivity index (χ0) is 22.0. The molecule has 1 heterocycles. The van der Waals surface area contributed by atoms with Crippen LogP contribution in [-0.2, 0) is 16.0 Å². The second-order valence-electron chi connectivity index (χ2n) is 6.78. The number of benzene rings is 3. The number of imide groups is 1. The van der Waals surface area contributed by atoms with Crippen LogP contribution >= 0.6 is 23.2 Å². The predicted molar refractivity (Wildman–Crippen MR) is 118 cm³/mol. The number of amides is 2. The minimum atomic E-state index is -0.587. The molecule has 0 aromatic heterocycles. The molecule has 0 bridgehead atoms. The van der Waals surface area contributed by atoms with Gasteiger partial charge in [0, 0.05) is 5.69 Å². The molecule has 0 saturated carbocycles. The lowest BCUT2D eigenvalue weighted by Gasteiger charge is -2.16. The monoisotopic (exact) mass is 454 g/mol. The average molecular weight is 455 g/mol. The minimum absolute atomic E-state index is 0.0750. The molecule has 156 valence electrons. The van der Waals surface area contributed by atoms with Crippen LogP contribution in [0.15, 0.2) is 66.7 Å². The third kappa shape index (κ3) is 4.26. The van der Waals surface area contributed by atoms with Gasteiger partial charge in [-0.1, -0.05) is 59.6 Å². The second kappa shape index (κ2) is 8.79. The number of carbonyl (C=O) groups is 3. The van der Waals surface area contributed by atoms with Gasteiger partial charge in [0.05, 0.1) is 33.3 Å². The maximum absolute atomic E-state index is 12.4. The molecule has 1 N–H and O–H groups in total. The van der Waals surface area contributed by atoms with Crippen molar-refractivity contribution in [2.75, 3.05) is 12.0 Å². The van der Waals surface area contributed by atoms with E-state index >= 15 is 0 Å². The van der Waals surface area contributed by atoms with Gasteiger partial charge in [-0.25, -0.2) is 4.90 Å². The summed E-state index contributed by atoms with van der Waals surface area (Å²) in [7, 11) is 0. The maximum Gasteiger partial charge on any atom is 0.312 e. The van der Waals surface area contributed by atoms with Crippen LogP contribution in [0.5, 0.6) is 0 Å². The Labute approximate surface area is 188 Å². The van der Waals surface area contributed by atoms with Crippen LogP contribution in [0.4, 0.5) is 11.4 Å². The standard InChI is InChI=1S/C23H16Cl2N2O4/c24-17-9-5-10-18(25)21(17)26-19-11-4-1-6-14(19)12-20(28)31-13-27-22(29)15-7-2-3-8-16(15)23(27)30/h1-11,26H,12-13H2. The molecule has 1 aliphatic rings. The number of halogens is 2. The summed E-state index contributed by atoms with van der Waals surface area (Å²) in [6.45, 7) is -0.447. The molecule has 0 saturated heterocycles. The molecule has 8 heteroatoms. The topological polar surface area (TPSA) is 75.7 Å². The second-order valence-corrected chi connectivity index (χ2v) is 7.60. The van der Waals surface area contributed by atoms with Gasteiger partial charge >= 0.3 is 5.97 Å². The Balaban J connectivity index is 1.43. The van der Waals surface area contributed by atoms with Gasteiger partial charge in [-0.05, 0) is 35.9 Å². The molecule has 3 aromatic carbocycles. The van der Waals surface area contributed by atoms with E-state index in [9.17, 15) is 14.4 Å². The van der Waals surface area contributed by atoms with Crippen LogP contribution in [0.3, 0.4) is 0 Å². The van der Waals surface area contributed by atoms with Crippen LogP contribution in [-0.4, -0.2) is 29.4 Å². The van der Waals surface area contributed by atoms with Crippen LogP contribution < -0.4 is 5.32 Å². The summed E-state index contributed by atoms with van der Waals surface area (Å²) in [5.41, 5.74) is 2.41. The van der Waals surface area contributed by atoms with Crippen molar-refractivity contribution >= 4 is 52.4 Å². The zero-order valence-corrected chi connectivity index (χ0v) is 17.6. The average Bonchev–Trinajstić information content (AvgIpc) is 3.01. The van der Waals surface area contributed by atoms with Crippen molar-refractivity contribution in [1.29, 1.82) is 0 Å². The van der Waals surface area contributed by atoms with Crippen LogP contribution in [0.25, 0.3) is 0 Å². The maximum atomic E-state index is 12.4.